The molecule has 2 heterocycles. The first-order valence-corrected chi connectivity index (χ1v) is 7.67. The van der Waals surface area contributed by atoms with E-state index in [2.05, 4.69) is 11.4 Å². The van der Waals surface area contributed by atoms with Gasteiger partial charge in [-0.1, -0.05) is 25.7 Å². The molecule has 2 fully saturated rings. The van der Waals surface area contributed by atoms with Crippen molar-refractivity contribution in [2.45, 2.75) is 44.6 Å². The highest BCUT2D eigenvalue weighted by atomic mass is 32.1. The molecule has 19 heavy (non-hydrogen) atoms. The lowest BCUT2D eigenvalue weighted by molar-refractivity contribution is 0.0922. The molecule has 0 saturated heterocycles. The molecular formula is C14H17N3OS. The van der Waals surface area contributed by atoms with Crippen LogP contribution in [0.2, 0.25) is 0 Å². The number of ketones is 1. The van der Waals surface area contributed by atoms with E-state index in [4.69, 9.17) is 11.0 Å². The standard InChI is InChI=1S/C11H11N3OS.C3H6/c12-4-6-8(13)10-9(15)5-2-1-3-7(5)14-11(6)16-10;1-2-3-1/h5,7,14H,1-3,13H2;1-3H2. The molecular weight excluding hydrogens is 258 g/mol. The van der Waals surface area contributed by atoms with Crippen LogP contribution in [0.4, 0.5) is 10.7 Å². The molecule has 1 aromatic rings. The van der Waals surface area contributed by atoms with Gasteiger partial charge in [-0.25, -0.2) is 0 Å². The van der Waals surface area contributed by atoms with Gasteiger partial charge < -0.3 is 11.1 Å². The normalized spacial score (nSPS) is 26.4. The zero-order valence-corrected chi connectivity index (χ0v) is 11.6. The van der Waals surface area contributed by atoms with Crippen molar-refractivity contribution < 1.29 is 4.79 Å². The molecule has 2 unspecified atom stereocenters. The zero-order valence-electron chi connectivity index (χ0n) is 10.7. The molecule has 0 spiro atoms. The van der Waals surface area contributed by atoms with Crippen molar-refractivity contribution in [2.75, 3.05) is 11.1 Å². The Kier molecular flexibility index (Phi) is 3.19. The van der Waals surface area contributed by atoms with E-state index in [0.717, 1.165) is 24.3 Å². The molecule has 1 aliphatic heterocycles. The number of nitrogens with zero attached hydrogens (tertiary/aromatic N) is 1. The molecule has 3 N–H and O–H groups in total. The second-order valence-electron chi connectivity index (χ2n) is 5.37. The van der Waals surface area contributed by atoms with Gasteiger partial charge >= 0.3 is 0 Å². The summed E-state index contributed by atoms with van der Waals surface area (Å²) in [5, 5.41) is 13.1. The van der Waals surface area contributed by atoms with Gasteiger partial charge in [0.25, 0.3) is 0 Å². The summed E-state index contributed by atoms with van der Waals surface area (Å²) in [5.41, 5.74) is 6.64. The van der Waals surface area contributed by atoms with Crippen LogP contribution >= 0.6 is 11.3 Å². The average molecular weight is 275 g/mol. The Balaban J connectivity index is 0.000000325. The van der Waals surface area contributed by atoms with Crippen LogP contribution in [0.5, 0.6) is 0 Å². The lowest BCUT2D eigenvalue weighted by atomic mass is 9.95. The van der Waals surface area contributed by atoms with Gasteiger partial charge in [0.1, 0.15) is 16.6 Å². The van der Waals surface area contributed by atoms with Gasteiger partial charge in [0.15, 0.2) is 5.78 Å². The van der Waals surface area contributed by atoms with Gasteiger partial charge in [0, 0.05) is 12.0 Å². The summed E-state index contributed by atoms with van der Waals surface area (Å²) in [5.74, 6) is 0.177. The van der Waals surface area contributed by atoms with Crippen molar-refractivity contribution in [1.29, 1.82) is 5.26 Å². The van der Waals surface area contributed by atoms with E-state index in [1.165, 1.54) is 30.6 Å². The van der Waals surface area contributed by atoms with Crippen LogP contribution < -0.4 is 11.1 Å². The van der Waals surface area contributed by atoms with E-state index in [-0.39, 0.29) is 17.7 Å². The van der Waals surface area contributed by atoms with E-state index >= 15 is 0 Å². The number of rotatable bonds is 0. The lowest BCUT2D eigenvalue weighted by Gasteiger charge is -2.19. The molecule has 4 nitrogen and oxygen atoms in total. The van der Waals surface area contributed by atoms with E-state index in [0.29, 0.717) is 16.1 Å². The first-order valence-electron chi connectivity index (χ1n) is 6.85. The van der Waals surface area contributed by atoms with Crippen LogP contribution in [0.15, 0.2) is 0 Å². The smallest absolute Gasteiger partial charge is 0.180 e. The number of nitrogen functional groups attached to an aromatic ring is 1. The maximum absolute atomic E-state index is 12.2. The Bertz CT molecular complexity index is 553. The Hall–Kier alpha value is -1.54. The van der Waals surface area contributed by atoms with E-state index in [9.17, 15) is 4.79 Å². The van der Waals surface area contributed by atoms with Crippen LogP contribution in [0.3, 0.4) is 0 Å². The topological polar surface area (TPSA) is 78.9 Å². The zero-order chi connectivity index (χ0) is 13.4. The summed E-state index contributed by atoms with van der Waals surface area (Å²) >= 11 is 1.33. The number of nitrogens with one attached hydrogen (secondary N) is 1. The Morgan fingerprint density at radius 1 is 1.26 bits per heavy atom. The molecule has 2 aliphatic carbocycles. The third kappa shape index (κ3) is 2.21. The predicted molar refractivity (Wildman–Crippen MR) is 76.4 cm³/mol. The van der Waals surface area contributed by atoms with Crippen molar-refractivity contribution >= 4 is 27.8 Å². The number of carbonyl (C=O) groups excluding carboxylic acids is 1. The average Bonchev–Trinajstić information content (AvgIpc) is 3.18. The molecule has 0 aromatic carbocycles. The third-order valence-electron chi connectivity index (χ3n) is 3.80. The molecule has 4 rings (SSSR count). The van der Waals surface area contributed by atoms with Crippen molar-refractivity contribution in [3.8, 4) is 6.07 Å². The van der Waals surface area contributed by atoms with Crippen LogP contribution in [-0.2, 0) is 0 Å². The van der Waals surface area contributed by atoms with Crippen LogP contribution in [0, 0.1) is 17.2 Å². The molecule has 1 aromatic heterocycles. The Morgan fingerprint density at radius 2 is 2.00 bits per heavy atom. The van der Waals surface area contributed by atoms with Crippen molar-refractivity contribution in [2.24, 2.45) is 5.92 Å². The highest BCUT2D eigenvalue weighted by Crippen LogP contribution is 2.44. The minimum Gasteiger partial charge on any atom is -0.396 e. The van der Waals surface area contributed by atoms with E-state index < -0.39 is 0 Å². The molecule has 2 saturated carbocycles. The summed E-state index contributed by atoms with van der Waals surface area (Å²) in [4.78, 5) is 12.8. The van der Waals surface area contributed by atoms with Crippen LogP contribution in [0.25, 0.3) is 0 Å². The molecule has 5 heteroatoms. The van der Waals surface area contributed by atoms with Gasteiger partial charge in [-0.15, -0.1) is 11.3 Å². The lowest BCUT2D eigenvalue weighted by Crippen LogP contribution is -2.29. The van der Waals surface area contributed by atoms with Gasteiger partial charge in [-0.2, -0.15) is 5.26 Å². The third-order valence-corrected chi connectivity index (χ3v) is 4.95. The number of hydrogen-bond acceptors (Lipinski definition) is 5. The summed E-state index contributed by atoms with van der Waals surface area (Å²) in [6.07, 6.45) is 7.51. The number of nitrogens with two attached hydrogens (primary N) is 1. The Labute approximate surface area is 116 Å². The molecule has 3 aliphatic rings. The number of hydrogen-bond donors (Lipinski definition) is 2. The molecule has 100 valence electrons. The fourth-order valence-electron chi connectivity index (χ4n) is 2.62. The van der Waals surface area contributed by atoms with Gasteiger partial charge in [-0.3, -0.25) is 4.79 Å². The fraction of sp³-hybridized carbons (Fsp3) is 0.571. The summed E-state index contributed by atoms with van der Waals surface area (Å²) in [6, 6.07) is 2.27. The summed E-state index contributed by atoms with van der Waals surface area (Å²) < 4.78 is 0. The number of thiophene rings is 1. The highest BCUT2D eigenvalue weighted by molar-refractivity contribution is 7.19. The monoisotopic (exact) mass is 275 g/mol. The summed E-state index contributed by atoms with van der Waals surface area (Å²) in [6.45, 7) is 0. The second-order valence-corrected chi connectivity index (χ2v) is 6.39. The van der Waals surface area contributed by atoms with E-state index in [1.54, 1.807) is 0 Å². The van der Waals surface area contributed by atoms with Crippen LogP contribution in [0.1, 0.15) is 53.8 Å². The van der Waals surface area contributed by atoms with Crippen LogP contribution in [-0.4, -0.2) is 11.8 Å². The predicted octanol–water partition coefficient (Wildman–Crippen LogP) is 3.15. The number of carbonyl (C=O) groups is 1. The molecule has 2 bridgehead atoms. The van der Waals surface area contributed by atoms with Gasteiger partial charge in [-0.05, 0) is 12.8 Å². The minimum atomic E-state index is 0.0544. The number of fused-ring (bicyclic) bond motifs is 3. The molecule has 2 atom stereocenters. The first kappa shape index (κ1) is 12.5. The molecule has 0 amide bonds. The molecule has 0 radical (unpaired) electrons. The van der Waals surface area contributed by atoms with Crippen molar-refractivity contribution in [1.82, 2.24) is 0 Å². The number of anilines is 2. The second kappa shape index (κ2) is 4.86. The highest BCUT2D eigenvalue weighted by Gasteiger charge is 2.39. The van der Waals surface area contributed by atoms with Crippen molar-refractivity contribution in [3.05, 3.63) is 10.4 Å². The maximum Gasteiger partial charge on any atom is 0.180 e. The summed E-state index contributed by atoms with van der Waals surface area (Å²) in [7, 11) is 0. The first-order chi connectivity index (χ1) is 9.22. The van der Waals surface area contributed by atoms with Gasteiger partial charge in [0.05, 0.1) is 10.6 Å². The van der Waals surface area contributed by atoms with Crippen molar-refractivity contribution in [3.63, 3.8) is 0 Å². The number of nitriles is 1. The van der Waals surface area contributed by atoms with Gasteiger partial charge in [0.2, 0.25) is 0 Å². The SMILES string of the molecule is C1CC1.N#Cc1c2sc(c1N)C(=O)C1CCCC1N2. The fourth-order valence-corrected chi connectivity index (χ4v) is 3.76. The van der Waals surface area contributed by atoms with E-state index in [1.807, 2.05) is 0 Å². The minimum absolute atomic E-state index is 0.0544. The quantitative estimate of drug-likeness (QED) is 0.762. The Morgan fingerprint density at radius 3 is 2.63 bits per heavy atom. The number of Topliss-reactive ketones (excluding diaryl/α,β-unsaturated/α-hetero) is 1. The largest absolute Gasteiger partial charge is 0.396 e. The maximum atomic E-state index is 12.2.